The average molecular weight is 267 g/mol. The minimum absolute atomic E-state index is 0.494. The van der Waals surface area contributed by atoms with Crippen molar-refractivity contribution in [2.75, 3.05) is 11.4 Å². The Morgan fingerprint density at radius 3 is 2.67 bits per heavy atom. The molecule has 0 saturated heterocycles. The Balaban J connectivity index is 2.23. The van der Waals surface area contributed by atoms with E-state index in [-0.39, 0.29) is 0 Å². The van der Waals surface area contributed by atoms with Gasteiger partial charge in [0.1, 0.15) is 0 Å². The second kappa shape index (κ2) is 5.94. The smallest absolute Gasteiger partial charge is 0.0471 e. The topological polar surface area (TPSA) is 15.3 Å². The Morgan fingerprint density at radius 2 is 2.11 bits per heavy atom. The third-order valence-electron chi connectivity index (χ3n) is 3.51. The van der Waals surface area contributed by atoms with Crippen LogP contribution in [-0.2, 0) is 6.54 Å². The van der Waals surface area contributed by atoms with Gasteiger partial charge in [0.15, 0.2) is 0 Å². The Hall–Kier alpha value is -0.730. The van der Waals surface area contributed by atoms with Crippen LogP contribution in [0.25, 0.3) is 0 Å². The summed E-state index contributed by atoms with van der Waals surface area (Å²) in [6.45, 7) is 8.53. The zero-order valence-electron chi connectivity index (χ0n) is 11.5. The number of anilines is 1. The highest BCUT2D eigenvalue weighted by molar-refractivity contribution is 6.31. The van der Waals surface area contributed by atoms with Gasteiger partial charge in [-0.3, -0.25) is 0 Å². The summed E-state index contributed by atoms with van der Waals surface area (Å²) in [5.74, 6) is 0. The summed E-state index contributed by atoms with van der Waals surface area (Å²) in [6, 6.07) is 7.42. The molecule has 0 spiro atoms. The molecule has 0 atom stereocenters. The fourth-order valence-corrected chi connectivity index (χ4v) is 2.58. The maximum absolute atomic E-state index is 6.37. The summed E-state index contributed by atoms with van der Waals surface area (Å²) in [7, 11) is 0. The summed E-state index contributed by atoms with van der Waals surface area (Å²) in [4.78, 5) is 2.40. The van der Waals surface area contributed by atoms with Gasteiger partial charge in [0, 0.05) is 41.4 Å². The molecular formula is C15H23ClN2. The highest BCUT2D eigenvalue weighted by Crippen LogP contribution is 2.30. The number of hydrogen-bond acceptors (Lipinski definition) is 2. The molecule has 1 saturated carbocycles. The van der Waals surface area contributed by atoms with Crippen molar-refractivity contribution in [3.05, 3.63) is 28.8 Å². The number of hydrogen-bond donors (Lipinski definition) is 1. The van der Waals surface area contributed by atoms with E-state index in [1.54, 1.807) is 0 Å². The van der Waals surface area contributed by atoms with Crippen LogP contribution in [0, 0.1) is 0 Å². The van der Waals surface area contributed by atoms with Gasteiger partial charge in [-0.15, -0.1) is 0 Å². The zero-order chi connectivity index (χ0) is 13.1. The molecule has 0 heterocycles. The lowest BCUT2D eigenvalue weighted by atomic mass is 10.1. The second-order valence-corrected chi connectivity index (χ2v) is 5.68. The third kappa shape index (κ3) is 3.18. The van der Waals surface area contributed by atoms with Crippen LogP contribution in [0.15, 0.2) is 18.2 Å². The number of benzene rings is 1. The summed E-state index contributed by atoms with van der Waals surface area (Å²) >= 11 is 6.37. The first-order valence-corrected chi connectivity index (χ1v) is 7.28. The van der Waals surface area contributed by atoms with E-state index in [4.69, 9.17) is 11.6 Å². The van der Waals surface area contributed by atoms with Crippen LogP contribution in [-0.4, -0.2) is 18.6 Å². The van der Waals surface area contributed by atoms with Crippen molar-refractivity contribution in [1.82, 2.24) is 5.32 Å². The molecular weight excluding hydrogens is 244 g/mol. The summed E-state index contributed by atoms with van der Waals surface area (Å²) < 4.78 is 0. The van der Waals surface area contributed by atoms with Gasteiger partial charge >= 0.3 is 0 Å². The van der Waals surface area contributed by atoms with Crippen molar-refractivity contribution in [2.24, 2.45) is 0 Å². The molecule has 0 bridgehead atoms. The van der Waals surface area contributed by atoms with Crippen molar-refractivity contribution in [1.29, 1.82) is 0 Å². The molecule has 2 nitrogen and oxygen atoms in total. The van der Waals surface area contributed by atoms with Crippen LogP contribution >= 0.6 is 11.6 Å². The maximum Gasteiger partial charge on any atom is 0.0471 e. The number of rotatable bonds is 6. The highest BCUT2D eigenvalue weighted by atomic mass is 35.5. The zero-order valence-corrected chi connectivity index (χ0v) is 12.3. The number of nitrogens with one attached hydrogen (secondary N) is 1. The van der Waals surface area contributed by atoms with Gasteiger partial charge in [0.2, 0.25) is 0 Å². The van der Waals surface area contributed by atoms with Gasteiger partial charge in [-0.1, -0.05) is 17.7 Å². The van der Waals surface area contributed by atoms with Gasteiger partial charge in [-0.05, 0) is 45.7 Å². The average Bonchev–Trinajstić information content (AvgIpc) is 3.12. The molecule has 2 rings (SSSR count). The quantitative estimate of drug-likeness (QED) is 0.842. The van der Waals surface area contributed by atoms with Crippen molar-refractivity contribution in [2.45, 2.75) is 52.2 Å². The molecule has 100 valence electrons. The minimum Gasteiger partial charge on any atom is -0.369 e. The van der Waals surface area contributed by atoms with E-state index in [2.05, 4.69) is 37.1 Å². The second-order valence-electron chi connectivity index (χ2n) is 5.27. The molecule has 1 aromatic rings. The van der Waals surface area contributed by atoms with Crippen LogP contribution in [0.5, 0.6) is 0 Å². The van der Waals surface area contributed by atoms with Crippen LogP contribution in [0.2, 0.25) is 5.02 Å². The van der Waals surface area contributed by atoms with Gasteiger partial charge < -0.3 is 10.2 Å². The van der Waals surface area contributed by atoms with Crippen LogP contribution in [0.4, 0.5) is 5.69 Å². The Morgan fingerprint density at radius 1 is 1.39 bits per heavy atom. The molecule has 1 aromatic carbocycles. The normalized spacial score (nSPS) is 15.2. The molecule has 3 heteroatoms. The minimum atomic E-state index is 0.494. The summed E-state index contributed by atoms with van der Waals surface area (Å²) in [5.41, 5.74) is 2.51. The van der Waals surface area contributed by atoms with Gasteiger partial charge in [-0.25, -0.2) is 0 Å². The molecule has 1 fully saturated rings. The largest absolute Gasteiger partial charge is 0.369 e. The Bertz CT molecular complexity index is 399. The molecule has 1 N–H and O–H groups in total. The molecule has 1 aliphatic rings. The van der Waals surface area contributed by atoms with E-state index in [9.17, 15) is 0 Å². The van der Waals surface area contributed by atoms with Crippen molar-refractivity contribution < 1.29 is 0 Å². The summed E-state index contributed by atoms with van der Waals surface area (Å²) in [5, 5.41) is 4.44. The van der Waals surface area contributed by atoms with Gasteiger partial charge in [-0.2, -0.15) is 0 Å². The first kappa shape index (κ1) is 13.7. The standard InChI is InChI=1S/C15H23ClN2/c1-4-18(11(2)3)15-7-5-6-14(16)13(15)10-17-12-8-9-12/h5-7,11-12,17H,4,8-10H2,1-3H3. The molecule has 0 amide bonds. The van der Waals surface area contributed by atoms with Crippen molar-refractivity contribution >= 4 is 17.3 Å². The first-order valence-electron chi connectivity index (χ1n) is 6.91. The first-order chi connectivity index (χ1) is 8.63. The van der Waals surface area contributed by atoms with E-state index in [0.29, 0.717) is 12.1 Å². The molecule has 0 radical (unpaired) electrons. The lowest BCUT2D eigenvalue weighted by Crippen LogP contribution is -2.32. The molecule has 0 aliphatic heterocycles. The highest BCUT2D eigenvalue weighted by Gasteiger charge is 2.22. The SMILES string of the molecule is CCN(c1cccc(Cl)c1CNC1CC1)C(C)C. The van der Waals surface area contributed by atoms with E-state index in [0.717, 1.165) is 18.1 Å². The number of nitrogens with zero attached hydrogens (tertiary/aromatic N) is 1. The van der Waals surface area contributed by atoms with E-state index in [1.807, 2.05) is 12.1 Å². The van der Waals surface area contributed by atoms with Crippen molar-refractivity contribution in [3.8, 4) is 0 Å². The Kier molecular flexibility index (Phi) is 4.52. The third-order valence-corrected chi connectivity index (χ3v) is 3.87. The monoisotopic (exact) mass is 266 g/mol. The van der Waals surface area contributed by atoms with Crippen molar-refractivity contribution in [3.63, 3.8) is 0 Å². The predicted octanol–water partition coefficient (Wildman–Crippen LogP) is 3.83. The molecule has 18 heavy (non-hydrogen) atoms. The summed E-state index contributed by atoms with van der Waals surface area (Å²) in [6.07, 6.45) is 2.61. The van der Waals surface area contributed by atoms with E-state index >= 15 is 0 Å². The van der Waals surface area contributed by atoms with Gasteiger partial charge in [0.25, 0.3) is 0 Å². The molecule has 1 aliphatic carbocycles. The fourth-order valence-electron chi connectivity index (χ4n) is 2.34. The molecule has 0 unspecified atom stereocenters. The van der Waals surface area contributed by atoms with Crippen LogP contribution in [0.1, 0.15) is 39.2 Å². The lowest BCUT2D eigenvalue weighted by Gasteiger charge is -2.30. The lowest BCUT2D eigenvalue weighted by molar-refractivity contribution is 0.668. The van der Waals surface area contributed by atoms with Crippen LogP contribution in [0.3, 0.4) is 0 Å². The number of halogens is 1. The maximum atomic E-state index is 6.37. The van der Waals surface area contributed by atoms with Crippen LogP contribution < -0.4 is 10.2 Å². The van der Waals surface area contributed by atoms with Gasteiger partial charge in [0.05, 0.1) is 0 Å². The predicted molar refractivity (Wildman–Crippen MR) is 79.5 cm³/mol. The van der Waals surface area contributed by atoms with E-state index in [1.165, 1.54) is 24.1 Å². The van der Waals surface area contributed by atoms with E-state index < -0.39 is 0 Å². The molecule has 0 aromatic heterocycles. The fraction of sp³-hybridized carbons (Fsp3) is 0.600. The Labute approximate surface area is 115 Å².